The minimum Gasteiger partial charge on any atom is -0.486 e. The monoisotopic (exact) mass is 245 g/mol. The second kappa shape index (κ2) is 4.48. The third-order valence-corrected chi connectivity index (χ3v) is 2.64. The molecule has 1 aromatic heterocycles. The number of carbonyl (C=O) groups excluding carboxylic acids is 1. The molecule has 0 amide bonds. The summed E-state index contributed by atoms with van der Waals surface area (Å²) in [7, 11) is 0. The first kappa shape index (κ1) is 10.8. The van der Waals surface area contributed by atoms with Gasteiger partial charge in [-0.25, -0.2) is 4.68 Å². The highest BCUT2D eigenvalue weighted by atomic mass is 16.6. The Hall–Kier alpha value is -2.37. The fourth-order valence-corrected chi connectivity index (χ4v) is 1.82. The van der Waals surface area contributed by atoms with Crippen molar-refractivity contribution in [3.63, 3.8) is 0 Å². The van der Waals surface area contributed by atoms with Gasteiger partial charge in [0.25, 0.3) is 0 Å². The summed E-state index contributed by atoms with van der Waals surface area (Å²) >= 11 is 0. The second-order valence-corrected chi connectivity index (χ2v) is 3.98. The van der Waals surface area contributed by atoms with E-state index in [1.165, 1.54) is 0 Å². The summed E-state index contributed by atoms with van der Waals surface area (Å²) in [5, 5.41) is 7.53. The van der Waals surface area contributed by atoms with E-state index in [1.807, 2.05) is 24.3 Å². The SMILES string of the molecule is O=Cc1cn(CC2COc3ccccc3O2)nn1. The molecule has 6 heteroatoms. The summed E-state index contributed by atoms with van der Waals surface area (Å²) < 4.78 is 12.9. The Morgan fingerprint density at radius 3 is 3.00 bits per heavy atom. The molecule has 0 fully saturated rings. The molecule has 92 valence electrons. The third-order valence-electron chi connectivity index (χ3n) is 2.64. The molecule has 0 N–H and O–H groups in total. The second-order valence-electron chi connectivity index (χ2n) is 3.98. The molecular weight excluding hydrogens is 234 g/mol. The lowest BCUT2D eigenvalue weighted by atomic mass is 10.2. The van der Waals surface area contributed by atoms with Gasteiger partial charge < -0.3 is 9.47 Å². The van der Waals surface area contributed by atoms with Crippen LogP contribution in [0.4, 0.5) is 0 Å². The number of aromatic nitrogens is 3. The fraction of sp³-hybridized carbons (Fsp3) is 0.250. The lowest BCUT2D eigenvalue weighted by Gasteiger charge is -2.26. The summed E-state index contributed by atoms with van der Waals surface area (Å²) in [5.74, 6) is 1.48. The van der Waals surface area contributed by atoms with Crippen molar-refractivity contribution < 1.29 is 14.3 Å². The number of benzene rings is 1. The molecule has 0 radical (unpaired) electrons. The number of fused-ring (bicyclic) bond motifs is 1. The first-order valence-electron chi connectivity index (χ1n) is 5.59. The molecular formula is C12H11N3O3. The van der Waals surface area contributed by atoms with Crippen LogP contribution in [-0.2, 0) is 6.54 Å². The first-order chi connectivity index (χ1) is 8.85. The van der Waals surface area contributed by atoms with Crippen molar-refractivity contribution in [2.45, 2.75) is 12.6 Å². The summed E-state index contributed by atoms with van der Waals surface area (Å²) in [6, 6.07) is 7.52. The standard InChI is InChI=1S/C12H11N3O3/c16-7-9-5-15(14-13-9)6-10-8-17-11-3-1-2-4-12(11)18-10/h1-5,7,10H,6,8H2. The third kappa shape index (κ3) is 2.04. The molecule has 2 heterocycles. The van der Waals surface area contributed by atoms with Gasteiger partial charge in [-0.15, -0.1) is 5.10 Å². The fourth-order valence-electron chi connectivity index (χ4n) is 1.82. The van der Waals surface area contributed by atoms with Gasteiger partial charge in [0.15, 0.2) is 23.9 Å². The van der Waals surface area contributed by atoms with Crippen molar-refractivity contribution in [1.82, 2.24) is 15.0 Å². The molecule has 0 bridgehead atoms. The highest BCUT2D eigenvalue weighted by molar-refractivity contribution is 5.70. The quantitative estimate of drug-likeness (QED) is 0.752. The van der Waals surface area contributed by atoms with Crippen LogP contribution in [0.1, 0.15) is 10.5 Å². The maximum Gasteiger partial charge on any atom is 0.171 e. The molecule has 0 spiro atoms. The van der Waals surface area contributed by atoms with Crippen LogP contribution < -0.4 is 9.47 Å². The Morgan fingerprint density at radius 1 is 1.39 bits per heavy atom. The maximum absolute atomic E-state index is 10.5. The molecule has 1 atom stereocenters. The minimum atomic E-state index is -0.138. The van der Waals surface area contributed by atoms with Gasteiger partial charge in [0.05, 0.1) is 12.7 Å². The largest absolute Gasteiger partial charge is 0.486 e. The van der Waals surface area contributed by atoms with Crippen molar-refractivity contribution in [2.24, 2.45) is 0 Å². The van der Waals surface area contributed by atoms with Crippen molar-refractivity contribution in [1.29, 1.82) is 0 Å². The van der Waals surface area contributed by atoms with E-state index in [2.05, 4.69) is 10.3 Å². The molecule has 0 saturated carbocycles. The summed E-state index contributed by atoms with van der Waals surface area (Å²) in [6.45, 7) is 0.947. The van der Waals surface area contributed by atoms with E-state index in [0.717, 1.165) is 11.5 Å². The van der Waals surface area contributed by atoms with Crippen molar-refractivity contribution in [3.8, 4) is 11.5 Å². The van der Waals surface area contributed by atoms with E-state index in [4.69, 9.17) is 9.47 Å². The highest BCUT2D eigenvalue weighted by Gasteiger charge is 2.21. The molecule has 1 unspecified atom stereocenters. The molecule has 2 aromatic rings. The maximum atomic E-state index is 10.5. The lowest BCUT2D eigenvalue weighted by Crippen LogP contribution is -2.33. The molecule has 3 rings (SSSR count). The molecule has 6 nitrogen and oxygen atoms in total. The molecule has 0 aliphatic carbocycles. The van der Waals surface area contributed by atoms with Crippen LogP contribution in [0, 0.1) is 0 Å². The zero-order valence-corrected chi connectivity index (χ0v) is 9.52. The molecule has 0 saturated heterocycles. The van der Waals surface area contributed by atoms with Gasteiger partial charge in [0, 0.05) is 0 Å². The number of rotatable bonds is 3. The Labute approximate surface area is 103 Å². The van der Waals surface area contributed by atoms with Gasteiger partial charge in [-0.3, -0.25) is 4.79 Å². The minimum absolute atomic E-state index is 0.138. The van der Waals surface area contributed by atoms with Gasteiger partial charge >= 0.3 is 0 Å². The average molecular weight is 245 g/mol. The van der Waals surface area contributed by atoms with Gasteiger partial charge in [0.2, 0.25) is 0 Å². The Bertz CT molecular complexity index is 567. The normalized spacial score (nSPS) is 17.4. The Kier molecular flexibility index (Phi) is 2.68. The average Bonchev–Trinajstić information content (AvgIpc) is 2.86. The van der Waals surface area contributed by atoms with E-state index >= 15 is 0 Å². The van der Waals surface area contributed by atoms with Crippen LogP contribution >= 0.6 is 0 Å². The van der Waals surface area contributed by atoms with E-state index in [0.29, 0.717) is 25.1 Å². The number of para-hydroxylation sites is 2. The predicted molar refractivity (Wildman–Crippen MR) is 61.8 cm³/mol. The summed E-state index contributed by atoms with van der Waals surface area (Å²) in [4.78, 5) is 10.5. The number of hydrogen-bond acceptors (Lipinski definition) is 5. The molecule has 1 aromatic carbocycles. The van der Waals surface area contributed by atoms with Crippen molar-refractivity contribution >= 4 is 6.29 Å². The van der Waals surface area contributed by atoms with Gasteiger partial charge in [-0.1, -0.05) is 17.3 Å². The summed E-state index contributed by atoms with van der Waals surface area (Å²) in [6.07, 6.45) is 2.11. The van der Waals surface area contributed by atoms with Crippen LogP contribution in [0.15, 0.2) is 30.5 Å². The Balaban J connectivity index is 1.71. The molecule has 18 heavy (non-hydrogen) atoms. The smallest absolute Gasteiger partial charge is 0.171 e. The lowest BCUT2D eigenvalue weighted by molar-refractivity contribution is 0.0754. The van der Waals surface area contributed by atoms with E-state index in [1.54, 1.807) is 10.9 Å². The van der Waals surface area contributed by atoms with Crippen LogP contribution in [0.5, 0.6) is 11.5 Å². The van der Waals surface area contributed by atoms with Crippen molar-refractivity contribution in [2.75, 3.05) is 6.61 Å². The predicted octanol–water partition coefficient (Wildman–Crippen LogP) is 0.931. The molecule has 1 aliphatic rings. The topological polar surface area (TPSA) is 66.2 Å². The van der Waals surface area contributed by atoms with Crippen molar-refractivity contribution in [3.05, 3.63) is 36.2 Å². The van der Waals surface area contributed by atoms with Crippen LogP contribution in [0.3, 0.4) is 0 Å². The number of hydrogen-bond donors (Lipinski definition) is 0. The zero-order chi connectivity index (χ0) is 12.4. The zero-order valence-electron chi connectivity index (χ0n) is 9.52. The number of aldehydes is 1. The molecule has 1 aliphatic heterocycles. The number of ether oxygens (including phenoxy) is 2. The van der Waals surface area contributed by atoms with Gasteiger partial charge in [0.1, 0.15) is 12.3 Å². The summed E-state index contributed by atoms with van der Waals surface area (Å²) in [5.41, 5.74) is 0.312. The van der Waals surface area contributed by atoms with Crippen LogP contribution in [-0.4, -0.2) is 34.0 Å². The van der Waals surface area contributed by atoms with Crippen LogP contribution in [0.2, 0.25) is 0 Å². The number of nitrogens with zero attached hydrogens (tertiary/aromatic N) is 3. The van der Waals surface area contributed by atoms with E-state index in [-0.39, 0.29) is 6.10 Å². The van der Waals surface area contributed by atoms with Gasteiger partial charge in [-0.05, 0) is 12.1 Å². The van der Waals surface area contributed by atoms with Gasteiger partial charge in [-0.2, -0.15) is 0 Å². The highest BCUT2D eigenvalue weighted by Crippen LogP contribution is 2.31. The first-order valence-corrected chi connectivity index (χ1v) is 5.59. The van der Waals surface area contributed by atoms with Crippen LogP contribution in [0.25, 0.3) is 0 Å². The van der Waals surface area contributed by atoms with E-state index in [9.17, 15) is 4.79 Å². The van der Waals surface area contributed by atoms with E-state index < -0.39 is 0 Å². The number of carbonyl (C=O) groups is 1. The Morgan fingerprint density at radius 2 is 2.22 bits per heavy atom.